The van der Waals surface area contributed by atoms with Gasteiger partial charge in [-0.15, -0.1) is 0 Å². The number of piperazine rings is 1. The van der Waals surface area contributed by atoms with Crippen molar-refractivity contribution in [3.05, 3.63) is 129 Å². The van der Waals surface area contributed by atoms with Crippen molar-refractivity contribution in [1.29, 1.82) is 5.26 Å². The maximum Gasteiger partial charge on any atom is 0.275 e. The minimum absolute atomic E-state index is 0.188. The minimum atomic E-state index is -0.781. The van der Waals surface area contributed by atoms with Gasteiger partial charge in [0, 0.05) is 93.1 Å². The lowest BCUT2D eigenvalue weighted by molar-refractivity contribution is -0.136. The van der Waals surface area contributed by atoms with Gasteiger partial charge in [0.2, 0.25) is 5.91 Å². The first-order valence-electron chi connectivity index (χ1n) is 23.6. The van der Waals surface area contributed by atoms with Crippen molar-refractivity contribution in [2.24, 2.45) is 5.92 Å². The van der Waals surface area contributed by atoms with Crippen LogP contribution in [0.2, 0.25) is 0 Å². The lowest BCUT2D eigenvalue weighted by Gasteiger charge is -2.49. The van der Waals surface area contributed by atoms with Crippen LogP contribution in [-0.4, -0.2) is 134 Å². The Bertz CT molecular complexity index is 3000. The Morgan fingerprint density at radius 2 is 1.54 bits per heavy atom. The zero-order valence-electron chi connectivity index (χ0n) is 38.2. The number of piperidine rings is 2. The number of fused-ring (bicyclic) bond motifs is 1. The van der Waals surface area contributed by atoms with E-state index in [9.17, 15) is 24.4 Å². The highest BCUT2D eigenvalue weighted by atomic mass is 16.5. The van der Waals surface area contributed by atoms with Gasteiger partial charge in [-0.25, -0.2) is 19.3 Å². The number of hydrogen-bond donors (Lipinski definition) is 1. The summed E-state index contributed by atoms with van der Waals surface area (Å²) in [6.07, 6.45) is 6.11. The fraction of sp³-hybridized carbons (Fsp3) is 0.392. The molecule has 10 rings (SSSR count). The number of rotatable bonds is 13. The molecule has 0 aliphatic carbocycles. The fourth-order valence-corrected chi connectivity index (χ4v) is 9.89. The molecule has 348 valence electrons. The number of aromatic nitrogens is 6. The van der Waals surface area contributed by atoms with Gasteiger partial charge in [0.25, 0.3) is 17.0 Å². The molecule has 17 nitrogen and oxygen atoms in total. The molecule has 4 aliphatic rings. The maximum atomic E-state index is 13.4. The molecule has 0 radical (unpaired) electrons. The molecule has 1 N–H and O–H groups in total. The summed E-state index contributed by atoms with van der Waals surface area (Å²) in [6, 6.07) is 26.0. The number of benzene rings is 3. The molecule has 4 saturated heterocycles. The second-order valence-corrected chi connectivity index (χ2v) is 18.4. The van der Waals surface area contributed by atoms with E-state index in [4.69, 9.17) is 4.74 Å². The zero-order valence-corrected chi connectivity index (χ0v) is 38.2. The van der Waals surface area contributed by atoms with E-state index < -0.39 is 11.9 Å². The molecule has 17 heteroatoms. The third-order valence-corrected chi connectivity index (χ3v) is 14.0. The second-order valence-electron chi connectivity index (χ2n) is 18.4. The molecular formula is C51H54N12O5. The van der Waals surface area contributed by atoms with Crippen LogP contribution in [0.25, 0.3) is 33.4 Å². The van der Waals surface area contributed by atoms with Gasteiger partial charge in [-0.2, -0.15) is 15.5 Å². The van der Waals surface area contributed by atoms with Crippen LogP contribution in [0.4, 0.5) is 5.69 Å². The van der Waals surface area contributed by atoms with Crippen molar-refractivity contribution in [3.63, 3.8) is 0 Å². The third-order valence-electron chi connectivity index (χ3n) is 14.0. The van der Waals surface area contributed by atoms with E-state index >= 15 is 0 Å². The number of nitriles is 1. The van der Waals surface area contributed by atoms with Crippen LogP contribution in [0.3, 0.4) is 0 Å². The van der Waals surface area contributed by atoms with Crippen LogP contribution in [0.1, 0.15) is 48.5 Å². The summed E-state index contributed by atoms with van der Waals surface area (Å²) in [5.74, 6) is 0.908. The van der Waals surface area contributed by atoms with Crippen molar-refractivity contribution in [2.45, 2.75) is 51.2 Å². The zero-order chi connectivity index (χ0) is 46.7. The van der Waals surface area contributed by atoms with E-state index in [-0.39, 0.29) is 36.4 Å². The van der Waals surface area contributed by atoms with Crippen LogP contribution in [0.5, 0.6) is 5.75 Å². The van der Waals surface area contributed by atoms with E-state index in [1.807, 2.05) is 49.4 Å². The summed E-state index contributed by atoms with van der Waals surface area (Å²) in [7, 11) is 0. The van der Waals surface area contributed by atoms with Crippen molar-refractivity contribution < 1.29 is 14.3 Å². The normalized spacial score (nSPS) is 18.9. The molecule has 68 heavy (non-hydrogen) atoms. The van der Waals surface area contributed by atoms with E-state index in [1.54, 1.807) is 36.7 Å². The summed E-state index contributed by atoms with van der Waals surface area (Å²) in [5.41, 5.74) is 4.87. The van der Waals surface area contributed by atoms with Crippen molar-refractivity contribution in [3.8, 4) is 34.5 Å². The van der Waals surface area contributed by atoms with E-state index in [0.29, 0.717) is 52.5 Å². The van der Waals surface area contributed by atoms with Gasteiger partial charge >= 0.3 is 0 Å². The predicted molar refractivity (Wildman–Crippen MR) is 256 cm³/mol. The van der Waals surface area contributed by atoms with E-state index in [0.717, 1.165) is 106 Å². The van der Waals surface area contributed by atoms with Gasteiger partial charge in [0.05, 0.1) is 54.0 Å². The highest BCUT2D eigenvalue weighted by Crippen LogP contribution is 2.27. The number of ether oxygens (including phenoxy) is 1. The molecule has 1 atom stereocenters. The maximum absolute atomic E-state index is 13.4. The topological polar surface area (TPSA) is 188 Å². The molecule has 2 amide bonds. The summed E-state index contributed by atoms with van der Waals surface area (Å²) in [5, 5.41) is 22.1. The van der Waals surface area contributed by atoms with Crippen molar-refractivity contribution in [2.75, 3.05) is 77.0 Å². The molecular weight excluding hydrogens is 861 g/mol. The van der Waals surface area contributed by atoms with Gasteiger partial charge in [-0.05, 0) is 93.2 Å². The molecule has 4 aliphatic heterocycles. The number of hydrogen-bond acceptors (Lipinski definition) is 14. The first kappa shape index (κ1) is 44.7. The van der Waals surface area contributed by atoms with Crippen LogP contribution < -0.4 is 26.1 Å². The molecule has 0 bridgehead atoms. The number of imide groups is 1. The summed E-state index contributed by atoms with van der Waals surface area (Å²) in [4.78, 5) is 69.6. The van der Waals surface area contributed by atoms with Gasteiger partial charge in [0.1, 0.15) is 6.04 Å². The molecule has 0 spiro atoms. The Morgan fingerprint density at radius 1 is 0.779 bits per heavy atom. The van der Waals surface area contributed by atoms with Gasteiger partial charge < -0.3 is 14.5 Å². The largest absolute Gasteiger partial charge is 0.490 e. The van der Waals surface area contributed by atoms with E-state index in [1.165, 1.54) is 15.4 Å². The van der Waals surface area contributed by atoms with Crippen molar-refractivity contribution in [1.82, 2.24) is 49.5 Å². The highest BCUT2D eigenvalue weighted by Gasteiger charge is 2.34. The quantitative estimate of drug-likeness (QED) is 0.165. The molecule has 1 unspecified atom stereocenters. The van der Waals surface area contributed by atoms with Gasteiger partial charge in [-0.1, -0.05) is 30.3 Å². The number of carbonyl (C=O) groups is 2. The lowest BCUT2D eigenvalue weighted by atomic mass is 9.97. The number of carbonyl (C=O) groups excluding carboxylic acids is 2. The fourth-order valence-electron chi connectivity index (χ4n) is 9.89. The lowest BCUT2D eigenvalue weighted by Crippen LogP contribution is -2.63. The summed E-state index contributed by atoms with van der Waals surface area (Å²) >= 11 is 0. The van der Waals surface area contributed by atoms with Crippen LogP contribution in [-0.2, 0) is 16.1 Å². The number of nitrogens with one attached hydrogen (secondary N) is 1. The number of amides is 2. The summed E-state index contributed by atoms with van der Waals surface area (Å²) < 4.78 is 8.84. The first-order valence-corrected chi connectivity index (χ1v) is 23.6. The first-order chi connectivity index (χ1) is 33.1. The molecule has 6 aromatic rings. The number of aryl methyl sites for hydroxylation is 1. The van der Waals surface area contributed by atoms with Crippen LogP contribution >= 0.6 is 0 Å². The Morgan fingerprint density at radius 3 is 2.32 bits per heavy atom. The Kier molecular flexibility index (Phi) is 12.9. The van der Waals surface area contributed by atoms with Crippen LogP contribution in [0.15, 0.2) is 101 Å². The SMILES string of the molecule is Cc1nn(C2CCC(=O)NC2=O)c(=O)c2ccc(N3CCN(C4CN(CCN5CCC(COc6cnc(-c7cccc(Cn8nc(-c9cccc(C#N)c9)ccc8=O)c7)nc6)CC5)C4)CC3)cc12. The van der Waals surface area contributed by atoms with Crippen molar-refractivity contribution >= 4 is 28.3 Å². The third kappa shape index (κ3) is 9.80. The predicted octanol–water partition coefficient (Wildman–Crippen LogP) is 3.88. The standard InChI is InChI=1S/C51H54N12O5/c1-34-44-26-40(8-9-43(44)51(67)63(56-34)46-11-12-47(64)55-50(46)66)60-20-22-61(23-21-60)41-31-59(32-41)19-18-58-16-14-35(15-17-58)33-68-42-28-53-49(54-29-42)39-7-3-5-37(25-39)30-62-48(65)13-10-45(57-62)38-6-2-4-36(24-38)27-52/h2-10,13,24-26,28-29,35,41,46H,11-12,14-23,30-33H2,1H3,(H,55,64,66). The average molecular weight is 915 g/mol. The highest BCUT2D eigenvalue weighted by molar-refractivity contribution is 5.99. The van der Waals surface area contributed by atoms with Gasteiger partial charge in [0.15, 0.2) is 11.6 Å². The molecule has 0 saturated carbocycles. The Balaban J connectivity index is 0.631. The molecule has 3 aromatic heterocycles. The van der Waals surface area contributed by atoms with E-state index in [2.05, 4.69) is 57.2 Å². The smallest absolute Gasteiger partial charge is 0.275 e. The molecule has 4 fully saturated rings. The average Bonchev–Trinajstić information content (AvgIpc) is 3.35. The number of anilines is 1. The minimum Gasteiger partial charge on any atom is -0.490 e. The Labute approximate surface area is 393 Å². The summed E-state index contributed by atoms with van der Waals surface area (Å²) in [6.45, 7) is 13.1. The molecule has 3 aromatic carbocycles. The second kappa shape index (κ2) is 19.6. The van der Waals surface area contributed by atoms with Crippen LogP contribution in [0, 0.1) is 24.2 Å². The number of nitrogens with zero attached hydrogens (tertiary/aromatic N) is 11. The number of likely N-dealkylation sites (tertiary alicyclic amines) is 2. The van der Waals surface area contributed by atoms with Gasteiger partial charge in [-0.3, -0.25) is 34.3 Å². The molecule has 7 heterocycles. The Hall–Kier alpha value is -7.13. The monoisotopic (exact) mass is 914 g/mol.